The lowest BCUT2D eigenvalue weighted by atomic mass is 10.1. The highest BCUT2D eigenvalue weighted by Gasteiger charge is 2.24. The van der Waals surface area contributed by atoms with Crippen molar-refractivity contribution < 1.29 is 14.6 Å². The Morgan fingerprint density at radius 1 is 1.07 bits per heavy atom. The molecular formula is C23H19N3O4. The summed E-state index contributed by atoms with van der Waals surface area (Å²) >= 11 is 0. The third kappa shape index (κ3) is 3.53. The highest BCUT2D eigenvalue weighted by molar-refractivity contribution is 5.98. The SMILES string of the molecule is CCOC(=O)c1c(O)c2cnc(-c3ccccc3)nc2n(Cc2ccccc2)c1=O. The van der Waals surface area contributed by atoms with Crippen LogP contribution in [0.5, 0.6) is 5.75 Å². The van der Waals surface area contributed by atoms with Crippen molar-refractivity contribution in [1.82, 2.24) is 14.5 Å². The van der Waals surface area contributed by atoms with Crippen molar-refractivity contribution in [1.29, 1.82) is 0 Å². The number of aromatic hydroxyl groups is 1. The standard InChI is InChI=1S/C23H19N3O4/c1-2-30-23(29)18-19(27)17-13-24-20(16-11-7-4-8-12-16)25-21(17)26(22(18)28)14-15-9-5-3-6-10-15/h3-13,27H,2,14H2,1H3. The topological polar surface area (TPSA) is 94.3 Å². The third-order valence-corrected chi connectivity index (χ3v) is 4.67. The zero-order chi connectivity index (χ0) is 21.1. The molecule has 0 atom stereocenters. The highest BCUT2D eigenvalue weighted by atomic mass is 16.5. The van der Waals surface area contributed by atoms with Gasteiger partial charge in [0, 0.05) is 11.8 Å². The Hall–Kier alpha value is -4.00. The largest absolute Gasteiger partial charge is 0.506 e. The normalized spacial score (nSPS) is 10.8. The van der Waals surface area contributed by atoms with Gasteiger partial charge in [-0.25, -0.2) is 14.8 Å². The van der Waals surface area contributed by atoms with Crippen LogP contribution in [0.1, 0.15) is 22.8 Å². The molecule has 0 aliphatic heterocycles. The summed E-state index contributed by atoms with van der Waals surface area (Å²) in [4.78, 5) is 34.5. The molecule has 0 amide bonds. The second kappa shape index (κ2) is 8.16. The Bertz CT molecular complexity index is 1270. The quantitative estimate of drug-likeness (QED) is 0.515. The Labute approximate surface area is 172 Å². The summed E-state index contributed by atoms with van der Waals surface area (Å²) in [6.45, 7) is 1.89. The number of hydrogen-bond donors (Lipinski definition) is 1. The van der Waals surface area contributed by atoms with Crippen LogP contribution in [0, 0.1) is 0 Å². The second-order valence-electron chi connectivity index (χ2n) is 6.62. The third-order valence-electron chi connectivity index (χ3n) is 4.67. The van der Waals surface area contributed by atoms with Crippen molar-refractivity contribution >= 4 is 17.0 Å². The molecule has 2 aromatic heterocycles. The second-order valence-corrected chi connectivity index (χ2v) is 6.62. The van der Waals surface area contributed by atoms with E-state index in [9.17, 15) is 14.7 Å². The molecule has 2 heterocycles. The average molecular weight is 401 g/mol. The first kappa shape index (κ1) is 19.3. The first-order valence-electron chi connectivity index (χ1n) is 9.49. The number of esters is 1. The number of hydrogen-bond acceptors (Lipinski definition) is 6. The van der Waals surface area contributed by atoms with Crippen molar-refractivity contribution in [2.45, 2.75) is 13.5 Å². The maximum atomic E-state index is 13.2. The predicted molar refractivity (Wildman–Crippen MR) is 112 cm³/mol. The van der Waals surface area contributed by atoms with Crippen LogP contribution in [0.4, 0.5) is 0 Å². The lowest BCUT2D eigenvalue weighted by Crippen LogP contribution is -2.29. The lowest BCUT2D eigenvalue weighted by molar-refractivity contribution is 0.0520. The number of nitrogens with zero attached hydrogens (tertiary/aromatic N) is 3. The van der Waals surface area contributed by atoms with Gasteiger partial charge in [-0.3, -0.25) is 9.36 Å². The molecule has 0 saturated carbocycles. The fourth-order valence-electron chi connectivity index (χ4n) is 3.24. The van der Waals surface area contributed by atoms with Gasteiger partial charge in [-0.15, -0.1) is 0 Å². The van der Waals surface area contributed by atoms with Gasteiger partial charge in [0.05, 0.1) is 18.5 Å². The van der Waals surface area contributed by atoms with Crippen molar-refractivity contribution in [2.24, 2.45) is 0 Å². The Balaban J connectivity index is 1.99. The Morgan fingerprint density at radius 2 is 1.73 bits per heavy atom. The number of ether oxygens (including phenoxy) is 1. The minimum Gasteiger partial charge on any atom is -0.506 e. The summed E-state index contributed by atoms with van der Waals surface area (Å²) < 4.78 is 6.35. The molecule has 7 heteroatoms. The molecule has 1 N–H and O–H groups in total. The Kier molecular flexibility index (Phi) is 5.26. The summed E-state index contributed by atoms with van der Waals surface area (Å²) in [6.07, 6.45) is 1.42. The van der Waals surface area contributed by atoms with Gasteiger partial charge in [0.25, 0.3) is 5.56 Å². The maximum Gasteiger partial charge on any atom is 0.347 e. The fraction of sp³-hybridized carbons (Fsp3) is 0.130. The number of aromatic nitrogens is 3. The average Bonchev–Trinajstić information content (AvgIpc) is 2.78. The number of pyridine rings is 1. The number of carbonyl (C=O) groups excluding carboxylic acids is 1. The van der Waals surface area contributed by atoms with Crippen molar-refractivity contribution in [3.05, 3.63) is 88.3 Å². The van der Waals surface area contributed by atoms with Crippen LogP contribution in [0.25, 0.3) is 22.4 Å². The zero-order valence-electron chi connectivity index (χ0n) is 16.3. The predicted octanol–water partition coefficient (Wildman–Crippen LogP) is 3.39. The minimum absolute atomic E-state index is 0.0812. The molecule has 4 aromatic rings. The summed E-state index contributed by atoms with van der Waals surface area (Å²) in [6, 6.07) is 18.7. The molecule has 0 bridgehead atoms. The number of rotatable bonds is 5. The van der Waals surface area contributed by atoms with Gasteiger partial charge in [-0.05, 0) is 12.5 Å². The van der Waals surface area contributed by atoms with Gasteiger partial charge in [0.1, 0.15) is 5.75 Å². The zero-order valence-corrected chi connectivity index (χ0v) is 16.3. The molecule has 0 radical (unpaired) electrons. The number of benzene rings is 2. The summed E-state index contributed by atoms with van der Waals surface area (Å²) in [5, 5.41) is 10.9. The van der Waals surface area contributed by atoms with E-state index in [4.69, 9.17) is 4.74 Å². The first-order chi connectivity index (χ1) is 14.6. The van der Waals surface area contributed by atoms with Crippen molar-refractivity contribution in [3.63, 3.8) is 0 Å². The molecule has 0 spiro atoms. The van der Waals surface area contributed by atoms with Gasteiger partial charge in [0.15, 0.2) is 17.0 Å². The van der Waals surface area contributed by atoms with Gasteiger partial charge < -0.3 is 9.84 Å². The van der Waals surface area contributed by atoms with E-state index < -0.39 is 22.8 Å². The lowest BCUT2D eigenvalue weighted by Gasteiger charge is -2.14. The van der Waals surface area contributed by atoms with E-state index in [1.165, 1.54) is 10.8 Å². The molecule has 7 nitrogen and oxygen atoms in total. The van der Waals surface area contributed by atoms with E-state index in [0.29, 0.717) is 5.82 Å². The molecule has 2 aromatic carbocycles. The van der Waals surface area contributed by atoms with E-state index in [-0.39, 0.29) is 24.2 Å². The van der Waals surface area contributed by atoms with Crippen LogP contribution in [0.15, 0.2) is 71.7 Å². The maximum absolute atomic E-state index is 13.2. The van der Waals surface area contributed by atoms with Crippen LogP contribution in [-0.2, 0) is 11.3 Å². The van der Waals surface area contributed by atoms with Crippen molar-refractivity contribution in [2.75, 3.05) is 6.61 Å². The summed E-state index contributed by atoms with van der Waals surface area (Å²) in [5.41, 5.74) is 0.771. The van der Waals surface area contributed by atoms with Crippen LogP contribution in [0.3, 0.4) is 0 Å². The van der Waals surface area contributed by atoms with Gasteiger partial charge in [0.2, 0.25) is 0 Å². The van der Waals surface area contributed by atoms with Crippen LogP contribution < -0.4 is 5.56 Å². The van der Waals surface area contributed by atoms with E-state index >= 15 is 0 Å². The van der Waals surface area contributed by atoms with E-state index in [1.54, 1.807) is 6.92 Å². The van der Waals surface area contributed by atoms with Crippen LogP contribution >= 0.6 is 0 Å². The first-order valence-corrected chi connectivity index (χ1v) is 9.49. The van der Waals surface area contributed by atoms with Gasteiger partial charge >= 0.3 is 5.97 Å². The smallest absolute Gasteiger partial charge is 0.347 e. The fourth-order valence-corrected chi connectivity index (χ4v) is 3.24. The van der Waals surface area contributed by atoms with E-state index in [2.05, 4.69) is 9.97 Å². The molecule has 150 valence electrons. The van der Waals surface area contributed by atoms with Crippen LogP contribution in [-0.4, -0.2) is 32.2 Å². The highest BCUT2D eigenvalue weighted by Crippen LogP contribution is 2.27. The number of carbonyl (C=O) groups is 1. The monoisotopic (exact) mass is 401 g/mol. The van der Waals surface area contributed by atoms with Gasteiger partial charge in [-0.2, -0.15) is 0 Å². The molecule has 0 aliphatic carbocycles. The van der Waals surface area contributed by atoms with Gasteiger partial charge in [-0.1, -0.05) is 60.7 Å². The van der Waals surface area contributed by atoms with E-state index in [1.807, 2.05) is 60.7 Å². The Morgan fingerprint density at radius 3 is 2.40 bits per heavy atom. The molecule has 0 unspecified atom stereocenters. The van der Waals surface area contributed by atoms with E-state index in [0.717, 1.165) is 11.1 Å². The molecule has 4 rings (SSSR count). The van der Waals surface area contributed by atoms with Crippen molar-refractivity contribution in [3.8, 4) is 17.1 Å². The molecular weight excluding hydrogens is 382 g/mol. The minimum atomic E-state index is -0.879. The summed E-state index contributed by atoms with van der Waals surface area (Å²) in [7, 11) is 0. The molecule has 0 aliphatic rings. The molecule has 0 saturated heterocycles. The molecule has 0 fully saturated rings. The molecule has 30 heavy (non-hydrogen) atoms. The number of fused-ring (bicyclic) bond motifs is 1. The van der Waals surface area contributed by atoms with Crippen LogP contribution in [0.2, 0.25) is 0 Å². The summed E-state index contributed by atoms with van der Waals surface area (Å²) in [5.74, 6) is -0.944.